The highest BCUT2D eigenvalue weighted by Crippen LogP contribution is 2.42. The molecule has 27 heavy (non-hydrogen) atoms. The normalized spacial score (nSPS) is 15.7. The highest BCUT2D eigenvalue weighted by Gasteiger charge is 2.41. The van der Waals surface area contributed by atoms with Gasteiger partial charge in [0, 0.05) is 11.6 Å². The number of nitro groups is 1. The average molecular weight is 374 g/mol. The number of rotatable bonds is 4. The summed E-state index contributed by atoms with van der Waals surface area (Å²) in [4.78, 5) is 51.6. The first-order valence-electron chi connectivity index (χ1n) is 7.79. The number of aromatic amines is 2. The van der Waals surface area contributed by atoms with E-state index in [1.807, 2.05) is 4.98 Å². The van der Waals surface area contributed by atoms with Crippen LogP contribution >= 0.6 is 0 Å². The zero-order valence-corrected chi connectivity index (χ0v) is 14.0. The number of benzene rings is 1. The Labute approximate surface area is 150 Å². The van der Waals surface area contributed by atoms with Gasteiger partial charge in [-0.3, -0.25) is 24.9 Å². The Balaban J connectivity index is 2.37. The Kier molecular flexibility index (Phi) is 4.50. The molecule has 1 aromatic heterocycles. The molecule has 1 atom stereocenters. The number of nitrogens with zero attached hydrogens (tertiary/aromatic N) is 1. The Morgan fingerprint density at radius 2 is 2.04 bits per heavy atom. The molecule has 0 spiro atoms. The molecule has 1 aliphatic rings. The van der Waals surface area contributed by atoms with Crippen LogP contribution in [0.2, 0.25) is 0 Å². The molecule has 1 unspecified atom stereocenters. The van der Waals surface area contributed by atoms with Crippen LogP contribution in [0.15, 0.2) is 45.3 Å². The van der Waals surface area contributed by atoms with E-state index in [9.17, 15) is 24.5 Å². The first kappa shape index (κ1) is 17.9. The van der Waals surface area contributed by atoms with E-state index in [0.717, 1.165) is 0 Å². The zero-order chi connectivity index (χ0) is 19.7. The van der Waals surface area contributed by atoms with Crippen molar-refractivity contribution in [3.63, 3.8) is 0 Å². The van der Waals surface area contributed by atoms with E-state index in [-0.39, 0.29) is 34.9 Å². The average Bonchev–Trinajstić information content (AvgIpc) is 2.60. The van der Waals surface area contributed by atoms with E-state index in [0.29, 0.717) is 0 Å². The Hall–Kier alpha value is -3.89. The summed E-state index contributed by atoms with van der Waals surface area (Å²) >= 11 is 0. The van der Waals surface area contributed by atoms with Gasteiger partial charge in [-0.1, -0.05) is 18.2 Å². The van der Waals surface area contributed by atoms with Crippen molar-refractivity contribution in [3.05, 3.63) is 77.8 Å². The maximum atomic E-state index is 12.5. The fraction of sp³-hybridized carbons (Fsp3) is 0.188. The maximum absolute atomic E-state index is 12.5. The molecular weight excluding hydrogens is 360 g/mol. The highest BCUT2D eigenvalue weighted by molar-refractivity contribution is 5.92. The molecule has 0 saturated heterocycles. The van der Waals surface area contributed by atoms with Gasteiger partial charge in [0.1, 0.15) is 5.57 Å². The smallest absolute Gasteiger partial charge is 0.340 e. The number of hydrogen-bond acceptors (Lipinski definition) is 8. The SMILES string of the molecule is CCOC(=O)C1=C(N)Oc2[nH]c(=O)[nH]c(=O)c2C1c1ccccc1[N+](=O)[O-]. The quantitative estimate of drug-likeness (QED) is 0.388. The van der Waals surface area contributed by atoms with Gasteiger partial charge in [0.15, 0.2) is 0 Å². The third kappa shape index (κ3) is 3.05. The predicted octanol–water partition coefficient (Wildman–Crippen LogP) is 0.229. The molecule has 11 nitrogen and oxygen atoms in total. The number of para-hydroxylation sites is 1. The molecule has 0 amide bonds. The van der Waals surface area contributed by atoms with E-state index in [2.05, 4.69) is 4.98 Å². The topological polar surface area (TPSA) is 170 Å². The van der Waals surface area contributed by atoms with Crippen molar-refractivity contribution in [3.8, 4) is 5.88 Å². The number of carbonyl (C=O) groups excluding carboxylic acids is 1. The predicted molar refractivity (Wildman–Crippen MR) is 91.1 cm³/mol. The van der Waals surface area contributed by atoms with Crippen molar-refractivity contribution >= 4 is 11.7 Å². The Bertz CT molecular complexity index is 1080. The van der Waals surface area contributed by atoms with Gasteiger partial charge in [-0.15, -0.1) is 0 Å². The van der Waals surface area contributed by atoms with Crippen molar-refractivity contribution in [1.82, 2.24) is 9.97 Å². The van der Waals surface area contributed by atoms with Gasteiger partial charge in [0.25, 0.3) is 11.2 Å². The monoisotopic (exact) mass is 374 g/mol. The molecule has 1 aromatic carbocycles. The van der Waals surface area contributed by atoms with E-state index >= 15 is 0 Å². The van der Waals surface area contributed by atoms with Crippen LogP contribution in [0.25, 0.3) is 0 Å². The minimum absolute atomic E-state index is 0.00799. The number of fused-ring (bicyclic) bond motifs is 1. The molecule has 11 heteroatoms. The third-order valence-corrected chi connectivity index (χ3v) is 3.94. The molecule has 4 N–H and O–H groups in total. The Morgan fingerprint density at radius 3 is 2.70 bits per heavy atom. The number of nitrogens with two attached hydrogens (primary N) is 1. The number of aromatic nitrogens is 2. The molecule has 0 aliphatic carbocycles. The Morgan fingerprint density at radius 1 is 1.33 bits per heavy atom. The second-order valence-corrected chi connectivity index (χ2v) is 5.50. The largest absolute Gasteiger partial charge is 0.462 e. The number of nitrogens with one attached hydrogen (secondary N) is 2. The second-order valence-electron chi connectivity index (χ2n) is 5.50. The van der Waals surface area contributed by atoms with Crippen LogP contribution in [-0.2, 0) is 9.53 Å². The standard InChI is InChI=1S/C16H14N4O7/c1-2-26-15(22)10-9(7-5-3-4-6-8(7)20(24)25)11-13(21)18-16(23)19-14(11)27-12(10)17/h3-6,9H,2,17H2,1H3,(H2,18,19,21,23). The molecular formula is C16H14N4O7. The first-order chi connectivity index (χ1) is 12.8. The van der Waals surface area contributed by atoms with Crippen LogP contribution in [0.4, 0.5) is 5.69 Å². The minimum atomic E-state index is -1.27. The number of hydrogen-bond donors (Lipinski definition) is 3. The van der Waals surface area contributed by atoms with Crippen LogP contribution in [0.1, 0.15) is 24.0 Å². The fourth-order valence-corrected chi connectivity index (χ4v) is 2.91. The summed E-state index contributed by atoms with van der Waals surface area (Å²) in [6, 6.07) is 5.56. The first-order valence-corrected chi connectivity index (χ1v) is 7.79. The third-order valence-electron chi connectivity index (χ3n) is 3.94. The van der Waals surface area contributed by atoms with Crippen molar-refractivity contribution < 1.29 is 19.2 Å². The zero-order valence-electron chi connectivity index (χ0n) is 14.0. The molecule has 0 fully saturated rings. The summed E-state index contributed by atoms with van der Waals surface area (Å²) in [5.74, 6) is -2.88. The molecule has 3 rings (SSSR count). The van der Waals surface area contributed by atoms with Gasteiger partial charge in [-0.2, -0.15) is 0 Å². The van der Waals surface area contributed by atoms with Crippen molar-refractivity contribution in [2.75, 3.05) is 6.61 Å². The lowest BCUT2D eigenvalue weighted by atomic mass is 9.83. The molecule has 140 valence electrons. The second kappa shape index (κ2) is 6.78. The molecule has 0 bridgehead atoms. The van der Waals surface area contributed by atoms with Gasteiger partial charge in [-0.05, 0) is 6.92 Å². The van der Waals surface area contributed by atoms with E-state index < -0.39 is 33.9 Å². The van der Waals surface area contributed by atoms with Crippen LogP contribution in [-0.4, -0.2) is 27.5 Å². The fourth-order valence-electron chi connectivity index (χ4n) is 2.91. The summed E-state index contributed by atoms with van der Waals surface area (Å²) < 4.78 is 10.2. The van der Waals surface area contributed by atoms with Crippen LogP contribution < -0.4 is 21.7 Å². The lowest BCUT2D eigenvalue weighted by Gasteiger charge is -2.26. The minimum Gasteiger partial charge on any atom is -0.462 e. The maximum Gasteiger partial charge on any atom is 0.340 e. The van der Waals surface area contributed by atoms with Crippen LogP contribution in [0, 0.1) is 10.1 Å². The lowest BCUT2D eigenvalue weighted by Crippen LogP contribution is -2.36. The number of esters is 1. The van der Waals surface area contributed by atoms with Gasteiger partial charge < -0.3 is 15.2 Å². The summed E-state index contributed by atoms with van der Waals surface area (Å²) in [5.41, 5.74) is 3.33. The van der Waals surface area contributed by atoms with Crippen molar-refractivity contribution in [2.24, 2.45) is 5.73 Å². The van der Waals surface area contributed by atoms with Gasteiger partial charge >= 0.3 is 11.7 Å². The summed E-state index contributed by atoms with van der Waals surface area (Å²) in [6.45, 7) is 1.57. The van der Waals surface area contributed by atoms with Crippen molar-refractivity contribution in [2.45, 2.75) is 12.8 Å². The number of carbonyl (C=O) groups is 1. The molecule has 0 saturated carbocycles. The molecule has 2 aromatic rings. The summed E-state index contributed by atoms with van der Waals surface area (Å²) in [7, 11) is 0. The number of H-pyrrole nitrogens is 2. The van der Waals surface area contributed by atoms with Gasteiger partial charge in [0.05, 0.1) is 23.0 Å². The van der Waals surface area contributed by atoms with Crippen LogP contribution in [0.3, 0.4) is 0 Å². The summed E-state index contributed by atoms with van der Waals surface area (Å²) in [6.07, 6.45) is 0. The van der Waals surface area contributed by atoms with Crippen molar-refractivity contribution in [1.29, 1.82) is 0 Å². The van der Waals surface area contributed by atoms with Crippen LogP contribution in [0.5, 0.6) is 5.88 Å². The number of nitro benzene ring substituents is 1. The molecule has 0 radical (unpaired) electrons. The number of ether oxygens (including phenoxy) is 2. The molecule has 2 heterocycles. The highest BCUT2D eigenvalue weighted by atomic mass is 16.6. The summed E-state index contributed by atoms with van der Waals surface area (Å²) in [5, 5.41) is 11.5. The van der Waals surface area contributed by atoms with E-state index in [1.165, 1.54) is 24.3 Å². The van der Waals surface area contributed by atoms with Gasteiger partial charge in [-0.25, -0.2) is 9.59 Å². The van der Waals surface area contributed by atoms with E-state index in [1.54, 1.807) is 6.92 Å². The van der Waals surface area contributed by atoms with Gasteiger partial charge in [0.2, 0.25) is 11.8 Å². The molecule has 1 aliphatic heterocycles. The lowest BCUT2D eigenvalue weighted by molar-refractivity contribution is -0.385. The van der Waals surface area contributed by atoms with E-state index in [4.69, 9.17) is 15.2 Å².